The molecule has 0 saturated heterocycles. The van der Waals surface area contributed by atoms with Gasteiger partial charge in [-0.3, -0.25) is 10.1 Å². The number of nitrogens with zero attached hydrogens (tertiary/aromatic N) is 1. The lowest BCUT2D eigenvalue weighted by Gasteiger charge is -2.13. The Morgan fingerprint density at radius 1 is 1.09 bits per heavy atom. The van der Waals surface area contributed by atoms with Crippen LogP contribution in [0.4, 0.5) is 20.4 Å². The van der Waals surface area contributed by atoms with E-state index in [9.17, 15) is 14.4 Å². The largest absolute Gasteiger partial charge is 0.496 e. The minimum absolute atomic E-state index is 0.251. The van der Waals surface area contributed by atoms with Gasteiger partial charge < -0.3 is 20.5 Å². The molecular formula is C22H22N4O5S. The summed E-state index contributed by atoms with van der Waals surface area (Å²) < 4.78 is 5.30. The maximum absolute atomic E-state index is 13.2. The number of carboxylic acid groups (broad SMARTS) is 1. The number of aryl methyl sites for hydroxylation is 1. The molecule has 0 spiro atoms. The van der Waals surface area contributed by atoms with Crippen LogP contribution in [0.15, 0.2) is 48.7 Å². The number of nitrogens with one attached hydrogen (secondary N) is 3. The number of urea groups is 1. The average molecular weight is 455 g/mol. The van der Waals surface area contributed by atoms with Gasteiger partial charge in [0.05, 0.1) is 18.4 Å². The molecule has 4 N–H and O–H groups in total. The third-order valence-electron chi connectivity index (χ3n) is 4.44. The number of hydrogen-bond acceptors (Lipinski definition) is 6. The van der Waals surface area contributed by atoms with E-state index in [0.717, 1.165) is 10.4 Å². The molecule has 3 rings (SSSR count). The van der Waals surface area contributed by atoms with Gasteiger partial charge in [0.1, 0.15) is 5.75 Å². The quantitative estimate of drug-likeness (QED) is 0.379. The van der Waals surface area contributed by atoms with Crippen LogP contribution in [0, 0.1) is 6.92 Å². The Hall–Kier alpha value is -3.92. The Balaban J connectivity index is 1.73. The molecule has 3 amide bonds. The number of para-hydroxylation sites is 1. The highest BCUT2D eigenvalue weighted by Gasteiger charge is 2.19. The van der Waals surface area contributed by atoms with E-state index in [1.807, 2.05) is 6.92 Å². The minimum Gasteiger partial charge on any atom is -0.496 e. The molecule has 0 aliphatic carbocycles. The van der Waals surface area contributed by atoms with Crippen LogP contribution in [-0.2, 0) is 6.42 Å². The van der Waals surface area contributed by atoms with Crippen molar-refractivity contribution < 1.29 is 24.2 Å². The number of aromatic nitrogens is 1. The molecule has 0 radical (unpaired) electrons. The van der Waals surface area contributed by atoms with E-state index in [2.05, 4.69) is 20.9 Å². The third-order valence-corrected chi connectivity index (χ3v) is 5.41. The maximum Gasteiger partial charge on any atom is 0.404 e. The van der Waals surface area contributed by atoms with Gasteiger partial charge in [0.2, 0.25) is 0 Å². The standard InChI is InChI=1S/C22H22N4O5S/c1-13-7-8-17(16(11-13)19(27)15-5-3-4-6-18(15)31-2)25-20(28)26-21-24-12-14(32-21)9-10-23-22(29)30/h3-8,11-12,23H,9-10H2,1-2H3,(H,29,30)(H2,24,25,26,28). The second-order valence-electron chi connectivity index (χ2n) is 6.77. The molecule has 0 atom stereocenters. The lowest BCUT2D eigenvalue weighted by atomic mass is 9.99. The van der Waals surface area contributed by atoms with Gasteiger partial charge in [0.15, 0.2) is 10.9 Å². The van der Waals surface area contributed by atoms with E-state index >= 15 is 0 Å². The number of ketones is 1. The van der Waals surface area contributed by atoms with Crippen molar-refractivity contribution in [3.63, 3.8) is 0 Å². The maximum atomic E-state index is 13.2. The van der Waals surface area contributed by atoms with Crippen LogP contribution < -0.4 is 20.7 Å². The highest BCUT2D eigenvalue weighted by molar-refractivity contribution is 7.15. The van der Waals surface area contributed by atoms with Crippen LogP contribution >= 0.6 is 11.3 Å². The van der Waals surface area contributed by atoms with Crippen molar-refractivity contribution in [1.29, 1.82) is 0 Å². The first kappa shape index (κ1) is 22.8. The summed E-state index contributed by atoms with van der Waals surface area (Å²) in [5.41, 5.74) is 1.95. The van der Waals surface area contributed by atoms with Crippen LogP contribution in [0.5, 0.6) is 5.75 Å². The number of thiazole rings is 1. The number of rotatable bonds is 8. The fourth-order valence-electron chi connectivity index (χ4n) is 2.96. The summed E-state index contributed by atoms with van der Waals surface area (Å²) in [6, 6.07) is 11.5. The first-order valence-electron chi connectivity index (χ1n) is 9.65. The van der Waals surface area contributed by atoms with Gasteiger partial charge in [-0.2, -0.15) is 0 Å². The molecule has 166 valence electrons. The fraction of sp³-hybridized carbons (Fsp3) is 0.182. The molecule has 0 bridgehead atoms. The molecule has 1 aromatic heterocycles. The first-order chi connectivity index (χ1) is 15.4. The van der Waals surface area contributed by atoms with Crippen molar-refractivity contribution in [3.8, 4) is 5.75 Å². The molecule has 0 aliphatic rings. The Labute approximate surface area is 188 Å². The Kier molecular flexibility index (Phi) is 7.40. The molecule has 32 heavy (non-hydrogen) atoms. The molecule has 1 heterocycles. The SMILES string of the molecule is COc1ccccc1C(=O)c1cc(C)ccc1NC(=O)Nc1ncc(CCNC(=O)O)s1. The molecule has 2 aromatic carbocycles. The summed E-state index contributed by atoms with van der Waals surface area (Å²) in [6.45, 7) is 2.11. The molecule has 3 aromatic rings. The zero-order valence-corrected chi connectivity index (χ0v) is 18.3. The third kappa shape index (κ3) is 5.82. The van der Waals surface area contributed by atoms with Crippen molar-refractivity contribution >= 4 is 40.1 Å². The zero-order chi connectivity index (χ0) is 23.1. The van der Waals surface area contributed by atoms with Crippen molar-refractivity contribution in [1.82, 2.24) is 10.3 Å². The number of amides is 3. The van der Waals surface area contributed by atoms with E-state index in [0.29, 0.717) is 34.1 Å². The number of carbonyl (C=O) groups is 3. The smallest absolute Gasteiger partial charge is 0.404 e. The van der Waals surface area contributed by atoms with Crippen LogP contribution in [0.2, 0.25) is 0 Å². The fourth-order valence-corrected chi connectivity index (χ4v) is 3.76. The minimum atomic E-state index is -1.09. The van der Waals surface area contributed by atoms with Gasteiger partial charge in [-0.1, -0.05) is 23.8 Å². The number of carbonyl (C=O) groups excluding carboxylic acids is 2. The predicted octanol–water partition coefficient (Wildman–Crippen LogP) is 4.15. The number of methoxy groups -OCH3 is 1. The second kappa shape index (κ2) is 10.4. The topological polar surface area (TPSA) is 130 Å². The lowest BCUT2D eigenvalue weighted by Crippen LogP contribution is -2.22. The normalized spacial score (nSPS) is 10.3. The average Bonchev–Trinajstić information content (AvgIpc) is 3.21. The predicted molar refractivity (Wildman–Crippen MR) is 122 cm³/mol. The van der Waals surface area contributed by atoms with E-state index < -0.39 is 12.1 Å². The Morgan fingerprint density at radius 3 is 2.62 bits per heavy atom. The van der Waals surface area contributed by atoms with Crippen LogP contribution in [0.25, 0.3) is 0 Å². The molecular weight excluding hydrogens is 432 g/mol. The highest BCUT2D eigenvalue weighted by Crippen LogP contribution is 2.26. The van der Waals surface area contributed by atoms with Gasteiger partial charge in [0.25, 0.3) is 0 Å². The summed E-state index contributed by atoms with van der Waals surface area (Å²) in [5.74, 6) is 0.172. The van der Waals surface area contributed by atoms with E-state index in [1.165, 1.54) is 18.4 Å². The zero-order valence-electron chi connectivity index (χ0n) is 17.5. The summed E-state index contributed by atoms with van der Waals surface area (Å²) in [4.78, 5) is 41.2. The lowest BCUT2D eigenvalue weighted by molar-refractivity contribution is 0.103. The van der Waals surface area contributed by atoms with E-state index in [-0.39, 0.29) is 12.3 Å². The summed E-state index contributed by atoms with van der Waals surface area (Å²) in [7, 11) is 1.50. The van der Waals surface area contributed by atoms with Gasteiger partial charge in [-0.25, -0.2) is 14.6 Å². The molecule has 0 saturated carbocycles. The van der Waals surface area contributed by atoms with Crippen molar-refractivity contribution in [2.45, 2.75) is 13.3 Å². The monoisotopic (exact) mass is 454 g/mol. The van der Waals surface area contributed by atoms with Crippen molar-refractivity contribution in [3.05, 3.63) is 70.2 Å². The van der Waals surface area contributed by atoms with E-state index in [4.69, 9.17) is 9.84 Å². The van der Waals surface area contributed by atoms with Gasteiger partial charge in [0, 0.05) is 29.6 Å². The van der Waals surface area contributed by atoms with Crippen molar-refractivity contribution in [2.24, 2.45) is 0 Å². The number of ether oxygens (including phenoxy) is 1. The summed E-state index contributed by atoms with van der Waals surface area (Å²) >= 11 is 1.24. The molecule has 0 unspecified atom stereocenters. The van der Waals surface area contributed by atoms with Gasteiger partial charge in [-0.05, 0) is 31.2 Å². The Bertz CT molecular complexity index is 1140. The molecule has 0 fully saturated rings. The van der Waals surface area contributed by atoms with Gasteiger partial charge in [-0.15, -0.1) is 11.3 Å². The van der Waals surface area contributed by atoms with Gasteiger partial charge >= 0.3 is 12.1 Å². The van der Waals surface area contributed by atoms with Crippen LogP contribution in [0.3, 0.4) is 0 Å². The first-order valence-corrected chi connectivity index (χ1v) is 10.5. The number of hydrogen-bond donors (Lipinski definition) is 4. The highest BCUT2D eigenvalue weighted by atomic mass is 32.1. The van der Waals surface area contributed by atoms with E-state index in [1.54, 1.807) is 48.7 Å². The number of anilines is 2. The van der Waals surface area contributed by atoms with Crippen molar-refractivity contribution in [2.75, 3.05) is 24.3 Å². The molecule has 10 heteroatoms. The number of benzene rings is 2. The second-order valence-corrected chi connectivity index (χ2v) is 7.89. The molecule has 9 nitrogen and oxygen atoms in total. The van der Waals surface area contributed by atoms with Crippen LogP contribution in [-0.4, -0.2) is 41.7 Å². The molecule has 0 aliphatic heterocycles. The Morgan fingerprint density at radius 2 is 1.88 bits per heavy atom. The van der Waals surface area contributed by atoms with Crippen LogP contribution in [0.1, 0.15) is 26.4 Å². The summed E-state index contributed by atoms with van der Waals surface area (Å²) in [6.07, 6.45) is 0.943. The summed E-state index contributed by atoms with van der Waals surface area (Å²) in [5, 5.41) is 16.6.